The zero-order valence-corrected chi connectivity index (χ0v) is 14.2. The number of carbonyl (C=O) groups excluding carboxylic acids is 3. The van der Waals surface area contributed by atoms with E-state index in [4.69, 9.17) is 5.73 Å². The molecule has 1 aromatic rings. The Kier molecular flexibility index (Phi) is 4.14. The van der Waals surface area contributed by atoms with Gasteiger partial charge in [-0.2, -0.15) is 0 Å². The largest absolute Gasteiger partial charge is 0.369 e. The van der Waals surface area contributed by atoms with Gasteiger partial charge in [0.1, 0.15) is 5.00 Å². The van der Waals surface area contributed by atoms with Crippen LogP contribution in [-0.2, 0) is 9.59 Å². The molecule has 3 rings (SSSR count). The molecule has 3 N–H and O–H groups in total. The second kappa shape index (κ2) is 5.96. The number of nitrogens with one attached hydrogen (secondary N) is 1. The maximum absolute atomic E-state index is 12.9. The quantitative estimate of drug-likeness (QED) is 0.876. The van der Waals surface area contributed by atoms with Crippen molar-refractivity contribution in [2.24, 2.45) is 17.6 Å². The number of hydrogen-bond acceptors (Lipinski definition) is 4. The molecule has 23 heavy (non-hydrogen) atoms. The molecule has 0 aromatic carbocycles. The molecule has 6 nitrogen and oxygen atoms in total. The third-order valence-electron chi connectivity index (χ3n) is 4.66. The van der Waals surface area contributed by atoms with Crippen LogP contribution in [0.15, 0.2) is 0 Å². The van der Waals surface area contributed by atoms with Crippen molar-refractivity contribution >= 4 is 34.1 Å². The number of hydrogen-bond donors (Lipinski definition) is 2. The predicted molar refractivity (Wildman–Crippen MR) is 88.4 cm³/mol. The van der Waals surface area contributed by atoms with Gasteiger partial charge in [0.2, 0.25) is 11.8 Å². The maximum Gasteiger partial charge on any atom is 0.257 e. The standard InChI is InChI=1S/C16H21N3O3S/c1-8-9(2)23-15(18-14(21)10-3-4-10)12(8)16(22)19-6-5-11(7-19)13(17)20/h10-11H,3-7H2,1-2H3,(H2,17,20)(H,18,21). The summed E-state index contributed by atoms with van der Waals surface area (Å²) in [5.74, 6) is -0.672. The molecular formula is C16H21N3O3S. The highest BCUT2D eigenvalue weighted by molar-refractivity contribution is 7.16. The molecule has 0 spiro atoms. The highest BCUT2D eigenvalue weighted by Gasteiger charge is 2.35. The smallest absolute Gasteiger partial charge is 0.257 e. The first-order valence-electron chi connectivity index (χ1n) is 7.88. The Morgan fingerprint density at radius 3 is 2.43 bits per heavy atom. The minimum absolute atomic E-state index is 0.00302. The van der Waals surface area contributed by atoms with E-state index in [1.807, 2.05) is 13.8 Å². The Hall–Kier alpha value is -1.89. The average molecular weight is 335 g/mol. The van der Waals surface area contributed by atoms with Crippen LogP contribution in [0.5, 0.6) is 0 Å². The molecule has 1 saturated carbocycles. The molecule has 1 saturated heterocycles. The molecule has 1 atom stereocenters. The molecule has 2 aliphatic rings. The Bertz CT molecular complexity index is 678. The van der Waals surface area contributed by atoms with Gasteiger partial charge in [0.05, 0.1) is 11.5 Å². The van der Waals surface area contributed by atoms with Crippen LogP contribution in [-0.4, -0.2) is 35.7 Å². The number of carbonyl (C=O) groups is 3. The van der Waals surface area contributed by atoms with Crippen molar-refractivity contribution in [2.45, 2.75) is 33.1 Å². The van der Waals surface area contributed by atoms with Crippen LogP contribution < -0.4 is 11.1 Å². The topological polar surface area (TPSA) is 92.5 Å². The van der Waals surface area contributed by atoms with Crippen molar-refractivity contribution < 1.29 is 14.4 Å². The molecule has 1 aromatic heterocycles. The summed E-state index contributed by atoms with van der Waals surface area (Å²) in [5.41, 5.74) is 6.80. The summed E-state index contributed by atoms with van der Waals surface area (Å²) in [5, 5.41) is 3.54. The third kappa shape index (κ3) is 3.10. The number of thiophene rings is 1. The van der Waals surface area contributed by atoms with Crippen LogP contribution in [0.3, 0.4) is 0 Å². The molecule has 0 radical (unpaired) electrons. The van der Waals surface area contributed by atoms with Crippen LogP contribution in [0, 0.1) is 25.7 Å². The lowest BCUT2D eigenvalue weighted by atomic mass is 10.1. The Labute approximate surface area is 139 Å². The lowest BCUT2D eigenvalue weighted by Gasteiger charge is -2.17. The van der Waals surface area contributed by atoms with Gasteiger partial charge in [-0.3, -0.25) is 14.4 Å². The van der Waals surface area contributed by atoms with Crippen LogP contribution in [0.1, 0.15) is 40.1 Å². The average Bonchev–Trinajstić information content (AvgIpc) is 3.16. The van der Waals surface area contributed by atoms with Crippen molar-refractivity contribution in [3.63, 3.8) is 0 Å². The molecule has 7 heteroatoms. The zero-order chi connectivity index (χ0) is 16.7. The molecule has 0 bridgehead atoms. The summed E-state index contributed by atoms with van der Waals surface area (Å²) in [4.78, 5) is 38.9. The third-order valence-corrected chi connectivity index (χ3v) is 5.78. The fourth-order valence-electron chi connectivity index (χ4n) is 2.87. The number of aryl methyl sites for hydroxylation is 1. The summed E-state index contributed by atoms with van der Waals surface area (Å²) in [6, 6.07) is 0. The van der Waals surface area contributed by atoms with E-state index in [9.17, 15) is 14.4 Å². The second-order valence-corrected chi connectivity index (χ2v) is 7.61. The predicted octanol–water partition coefficient (Wildman–Crippen LogP) is 1.66. The summed E-state index contributed by atoms with van der Waals surface area (Å²) >= 11 is 1.44. The van der Waals surface area contributed by atoms with Crippen molar-refractivity contribution in [3.05, 3.63) is 16.0 Å². The van der Waals surface area contributed by atoms with Crippen molar-refractivity contribution in [1.82, 2.24) is 4.90 Å². The monoisotopic (exact) mass is 335 g/mol. The first-order chi connectivity index (χ1) is 10.9. The fourth-order valence-corrected chi connectivity index (χ4v) is 3.92. The minimum atomic E-state index is -0.360. The highest BCUT2D eigenvalue weighted by atomic mass is 32.1. The minimum Gasteiger partial charge on any atom is -0.369 e. The van der Waals surface area contributed by atoms with Gasteiger partial charge in [-0.15, -0.1) is 11.3 Å². The van der Waals surface area contributed by atoms with Crippen molar-refractivity contribution in [2.75, 3.05) is 18.4 Å². The number of likely N-dealkylation sites (tertiary alicyclic amines) is 1. The van der Waals surface area contributed by atoms with Crippen molar-refractivity contribution in [1.29, 1.82) is 0 Å². The number of primary amides is 1. The molecule has 2 fully saturated rings. The number of amides is 3. The number of anilines is 1. The summed E-state index contributed by atoms with van der Waals surface area (Å²) < 4.78 is 0. The first-order valence-corrected chi connectivity index (χ1v) is 8.69. The Morgan fingerprint density at radius 2 is 1.87 bits per heavy atom. The van der Waals surface area contributed by atoms with Crippen LogP contribution >= 0.6 is 11.3 Å². The number of nitrogens with two attached hydrogens (primary N) is 1. The van der Waals surface area contributed by atoms with E-state index >= 15 is 0 Å². The molecular weight excluding hydrogens is 314 g/mol. The summed E-state index contributed by atoms with van der Waals surface area (Å²) in [6.07, 6.45) is 2.45. The molecule has 124 valence electrons. The number of rotatable bonds is 4. The Balaban J connectivity index is 1.82. The van der Waals surface area contributed by atoms with Gasteiger partial charge in [0, 0.05) is 23.9 Å². The van der Waals surface area contributed by atoms with Crippen LogP contribution in [0.2, 0.25) is 0 Å². The first kappa shape index (κ1) is 16.0. The second-order valence-electron chi connectivity index (χ2n) is 6.39. The molecule has 3 amide bonds. The van der Waals surface area contributed by atoms with E-state index in [1.165, 1.54) is 11.3 Å². The van der Waals surface area contributed by atoms with E-state index in [0.29, 0.717) is 30.1 Å². The van der Waals surface area contributed by atoms with Crippen LogP contribution in [0.4, 0.5) is 5.00 Å². The molecule has 1 unspecified atom stereocenters. The van der Waals surface area contributed by atoms with Gasteiger partial charge in [0.25, 0.3) is 5.91 Å². The number of nitrogens with zero attached hydrogens (tertiary/aromatic N) is 1. The van der Waals surface area contributed by atoms with Gasteiger partial charge in [0.15, 0.2) is 0 Å². The van der Waals surface area contributed by atoms with E-state index < -0.39 is 0 Å². The van der Waals surface area contributed by atoms with Gasteiger partial charge < -0.3 is 16.0 Å². The zero-order valence-electron chi connectivity index (χ0n) is 13.3. The lowest BCUT2D eigenvalue weighted by molar-refractivity contribution is -0.121. The molecule has 2 heterocycles. The SMILES string of the molecule is Cc1sc(NC(=O)C2CC2)c(C(=O)N2CCC(C(N)=O)C2)c1C. The van der Waals surface area contributed by atoms with Gasteiger partial charge in [-0.1, -0.05) is 0 Å². The lowest BCUT2D eigenvalue weighted by Crippen LogP contribution is -2.32. The van der Waals surface area contributed by atoms with Gasteiger partial charge in [-0.25, -0.2) is 0 Å². The van der Waals surface area contributed by atoms with E-state index in [2.05, 4.69) is 5.32 Å². The molecule has 1 aliphatic carbocycles. The van der Waals surface area contributed by atoms with Crippen LogP contribution in [0.25, 0.3) is 0 Å². The summed E-state index contributed by atoms with van der Waals surface area (Å²) in [7, 11) is 0. The van der Waals surface area contributed by atoms with Gasteiger partial charge >= 0.3 is 0 Å². The fraction of sp³-hybridized carbons (Fsp3) is 0.562. The maximum atomic E-state index is 12.9. The van der Waals surface area contributed by atoms with Gasteiger partial charge in [-0.05, 0) is 38.7 Å². The highest BCUT2D eigenvalue weighted by Crippen LogP contribution is 2.37. The van der Waals surface area contributed by atoms with E-state index in [0.717, 1.165) is 23.3 Å². The van der Waals surface area contributed by atoms with Crippen molar-refractivity contribution in [3.8, 4) is 0 Å². The van der Waals surface area contributed by atoms with E-state index in [1.54, 1.807) is 4.90 Å². The Morgan fingerprint density at radius 1 is 1.17 bits per heavy atom. The summed E-state index contributed by atoms with van der Waals surface area (Å²) in [6.45, 7) is 4.72. The normalized spacial score (nSPS) is 20.6. The molecule has 1 aliphatic heterocycles. The van der Waals surface area contributed by atoms with E-state index in [-0.39, 0.29) is 29.6 Å².